The Hall–Kier alpha value is -1.75. The molecule has 1 saturated heterocycles. The van der Waals surface area contributed by atoms with Gasteiger partial charge in [-0.3, -0.25) is 4.79 Å². The Bertz CT molecular complexity index is 594. The Morgan fingerprint density at radius 2 is 2.10 bits per heavy atom. The third kappa shape index (κ3) is 2.83. The lowest BCUT2D eigenvalue weighted by Crippen LogP contribution is -2.48. The molecule has 1 aliphatic heterocycles. The van der Waals surface area contributed by atoms with E-state index in [9.17, 15) is 9.59 Å². The Morgan fingerprint density at radius 1 is 1.48 bits per heavy atom. The molecule has 0 spiro atoms. The summed E-state index contributed by atoms with van der Waals surface area (Å²) in [5, 5.41) is 9.46. The van der Waals surface area contributed by atoms with Crippen LogP contribution < -0.4 is 4.74 Å². The molecule has 6 heteroatoms. The lowest BCUT2D eigenvalue weighted by Gasteiger charge is -2.39. The number of carboxylic acid groups (broad SMARTS) is 1. The van der Waals surface area contributed by atoms with E-state index in [0.29, 0.717) is 36.0 Å². The second-order valence-corrected chi connectivity index (χ2v) is 5.55. The van der Waals surface area contributed by atoms with Crippen molar-refractivity contribution in [2.75, 3.05) is 19.7 Å². The molecule has 1 aromatic carbocycles. The summed E-state index contributed by atoms with van der Waals surface area (Å²) in [6, 6.07) is 1.63. The summed E-state index contributed by atoms with van der Waals surface area (Å²) in [7, 11) is 0. The minimum absolute atomic E-state index is 0.0134. The van der Waals surface area contributed by atoms with Crippen LogP contribution in [0.15, 0.2) is 6.07 Å². The molecule has 0 unspecified atom stereocenters. The van der Waals surface area contributed by atoms with Crippen molar-refractivity contribution in [3.05, 3.63) is 27.8 Å². The predicted octanol–water partition coefficient (Wildman–Crippen LogP) is 3.33. The maximum Gasteiger partial charge on any atom is 0.407 e. The van der Waals surface area contributed by atoms with E-state index in [1.165, 1.54) is 11.8 Å². The van der Waals surface area contributed by atoms with E-state index in [1.54, 1.807) is 6.07 Å². The molecule has 1 heterocycles. The standard InChI is InChI=1S/C15H18ClNO4/c1-4-21-14-11(9(3)18)5-12(16)8(2)13(14)10-6-17(7-10)15(19)20/h5,10H,4,6-7H2,1-3H3,(H,19,20). The molecular weight excluding hydrogens is 294 g/mol. The maximum absolute atomic E-state index is 11.8. The Labute approximate surface area is 128 Å². The van der Waals surface area contributed by atoms with Crippen molar-refractivity contribution in [1.29, 1.82) is 0 Å². The molecule has 21 heavy (non-hydrogen) atoms. The number of nitrogens with zero attached hydrogens (tertiary/aromatic N) is 1. The fourth-order valence-corrected chi connectivity index (χ4v) is 2.83. The Morgan fingerprint density at radius 3 is 2.57 bits per heavy atom. The number of hydrogen-bond acceptors (Lipinski definition) is 3. The number of carbonyl (C=O) groups is 2. The predicted molar refractivity (Wildman–Crippen MR) is 79.7 cm³/mol. The van der Waals surface area contributed by atoms with E-state index in [4.69, 9.17) is 21.4 Å². The van der Waals surface area contributed by atoms with Gasteiger partial charge in [0.1, 0.15) is 5.75 Å². The first-order valence-corrected chi connectivity index (χ1v) is 7.19. The third-order valence-electron chi connectivity index (χ3n) is 3.75. The van der Waals surface area contributed by atoms with Crippen molar-refractivity contribution in [2.24, 2.45) is 0 Å². The highest BCUT2D eigenvalue weighted by Crippen LogP contribution is 2.41. The average molecular weight is 312 g/mol. The summed E-state index contributed by atoms with van der Waals surface area (Å²) in [5.41, 5.74) is 2.16. The minimum atomic E-state index is -0.935. The largest absolute Gasteiger partial charge is 0.493 e. The first kappa shape index (κ1) is 15.6. The summed E-state index contributed by atoms with van der Waals surface area (Å²) >= 11 is 6.22. The van der Waals surface area contributed by atoms with Crippen LogP contribution in [0, 0.1) is 6.92 Å². The minimum Gasteiger partial charge on any atom is -0.493 e. The molecule has 114 valence electrons. The van der Waals surface area contributed by atoms with E-state index in [2.05, 4.69) is 0 Å². The highest BCUT2D eigenvalue weighted by Gasteiger charge is 2.36. The topological polar surface area (TPSA) is 66.8 Å². The molecule has 1 aromatic rings. The zero-order valence-electron chi connectivity index (χ0n) is 12.3. The summed E-state index contributed by atoms with van der Waals surface area (Å²) in [5.74, 6) is 0.442. The number of ether oxygens (including phenoxy) is 1. The molecule has 0 aromatic heterocycles. The van der Waals surface area contributed by atoms with Crippen LogP contribution in [-0.4, -0.2) is 41.6 Å². The normalized spacial score (nSPS) is 14.8. The van der Waals surface area contributed by atoms with Crippen molar-refractivity contribution in [3.8, 4) is 5.75 Å². The number of hydrogen-bond donors (Lipinski definition) is 1. The molecule has 2 rings (SSSR count). The van der Waals surface area contributed by atoms with Crippen LogP contribution in [0.4, 0.5) is 4.79 Å². The molecule has 1 amide bonds. The van der Waals surface area contributed by atoms with E-state index in [0.717, 1.165) is 11.1 Å². The molecule has 0 radical (unpaired) electrons. The van der Waals surface area contributed by atoms with Crippen LogP contribution in [0.1, 0.15) is 41.3 Å². The van der Waals surface area contributed by atoms with E-state index < -0.39 is 6.09 Å². The van der Waals surface area contributed by atoms with Gasteiger partial charge in [-0.25, -0.2) is 4.79 Å². The smallest absolute Gasteiger partial charge is 0.407 e. The second-order valence-electron chi connectivity index (χ2n) is 5.15. The zero-order chi connectivity index (χ0) is 15.7. The van der Waals surface area contributed by atoms with Gasteiger partial charge in [0.25, 0.3) is 0 Å². The molecule has 1 aliphatic rings. The molecule has 1 N–H and O–H groups in total. The highest BCUT2D eigenvalue weighted by molar-refractivity contribution is 6.32. The number of rotatable bonds is 4. The number of amides is 1. The number of benzene rings is 1. The zero-order valence-corrected chi connectivity index (χ0v) is 13.0. The first-order chi connectivity index (χ1) is 9.86. The van der Waals surface area contributed by atoms with Gasteiger partial charge in [0.15, 0.2) is 5.78 Å². The van der Waals surface area contributed by atoms with E-state index in [1.807, 2.05) is 13.8 Å². The van der Waals surface area contributed by atoms with Crippen LogP contribution in [0.5, 0.6) is 5.75 Å². The van der Waals surface area contributed by atoms with Gasteiger partial charge in [0.05, 0.1) is 12.2 Å². The summed E-state index contributed by atoms with van der Waals surface area (Å²) < 4.78 is 5.67. The number of carbonyl (C=O) groups excluding carboxylic acids is 1. The lowest BCUT2D eigenvalue weighted by molar-refractivity contribution is 0.0997. The van der Waals surface area contributed by atoms with Crippen LogP contribution in [0.3, 0.4) is 0 Å². The monoisotopic (exact) mass is 311 g/mol. The van der Waals surface area contributed by atoms with E-state index in [-0.39, 0.29) is 11.7 Å². The molecule has 0 aliphatic carbocycles. The van der Waals surface area contributed by atoms with Gasteiger partial charge in [-0.05, 0) is 32.4 Å². The average Bonchev–Trinajstić information content (AvgIpc) is 2.34. The molecule has 1 fully saturated rings. The van der Waals surface area contributed by atoms with Crippen LogP contribution in [-0.2, 0) is 0 Å². The summed E-state index contributed by atoms with van der Waals surface area (Å²) in [4.78, 5) is 24.1. The quantitative estimate of drug-likeness (QED) is 0.866. The van der Waals surface area contributed by atoms with Crippen molar-refractivity contribution < 1.29 is 19.4 Å². The van der Waals surface area contributed by atoms with E-state index >= 15 is 0 Å². The summed E-state index contributed by atoms with van der Waals surface area (Å²) in [6.07, 6.45) is -0.935. The lowest BCUT2D eigenvalue weighted by atomic mass is 9.86. The molecule has 0 atom stereocenters. The molecule has 5 nitrogen and oxygen atoms in total. The van der Waals surface area contributed by atoms with Crippen molar-refractivity contribution in [1.82, 2.24) is 4.90 Å². The number of Topliss-reactive ketones (excluding diaryl/α,β-unsaturated/α-hetero) is 1. The van der Waals surface area contributed by atoms with Crippen molar-refractivity contribution >= 4 is 23.5 Å². The highest BCUT2D eigenvalue weighted by atomic mass is 35.5. The SMILES string of the molecule is CCOc1c(C(C)=O)cc(Cl)c(C)c1C1CN(C(=O)O)C1. The second kappa shape index (κ2) is 5.93. The van der Waals surface area contributed by atoms with Gasteiger partial charge in [-0.15, -0.1) is 0 Å². The third-order valence-corrected chi connectivity index (χ3v) is 4.14. The number of ketones is 1. The van der Waals surface area contributed by atoms with Crippen LogP contribution >= 0.6 is 11.6 Å². The Balaban J connectivity index is 2.47. The number of likely N-dealkylation sites (tertiary alicyclic amines) is 1. The van der Waals surface area contributed by atoms with Gasteiger partial charge in [0, 0.05) is 29.6 Å². The molecular formula is C15H18ClNO4. The van der Waals surface area contributed by atoms with Crippen LogP contribution in [0.25, 0.3) is 0 Å². The fraction of sp³-hybridized carbons (Fsp3) is 0.467. The van der Waals surface area contributed by atoms with Crippen molar-refractivity contribution in [2.45, 2.75) is 26.7 Å². The summed E-state index contributed by atoms with van der Waals surface area (Å²) in [6.45, 7) is 6.42. The van der Waals surface area contributed by atoms with Gasteiger partial charge < -0.3 is 14.7 Å². The molecule has 0 bridgehead atoms. The maximum atomic E-state index is 11.8. The Kier molecular flexibility index (Phi) is 4.42. The first-order valence-electron chi connectivity index (χ1n) is 6.81. The fourth-order valence-electron chi connectivity index (χ4n) is 2.61. The van der Waals surface area contributed by atoms with Crippen molar-refractivity contribution in [3.63, 3.8) is 0 Å². The van der Waals surface area contributed by atoms with Gasteiger partial charge in [-0.2, -0.15) is 0 Å². The van der Waals surface area contributed by atoms with Crippen LogP contribution in [0.2, 0.25) is 5.02 Å². The van der Waals surface area contributed by atoms with Gasteiger partial charge in [-0.1, -0.05) is 11.6 Å². The van der Waals surface area contributed by atoms with Gasteiger partial charge in [0.2, 0.25) is 0 Å². The molecule has 0 saturated carbocycles. The number of halogens is 1. The van der Waals surface area contributed by atoms with Gasteiger partial charge >= 0.3 is 6.09 Å².